The molecule has 0 aromatic carbocycles. The lowest BCUT2D eigenvalue weighted by Gasteiger charge is -2.10. The van der Waals surface area contributed by atoms with E-state index < -0.39 is 0 Å². The maximum Gasteiger partial charge on any atom is 0.106 e. The molecule has 3 N–H and O–H groups in total. The van der Waals surface area contributed by atoms with E-state index in [-0.39, 0.29) is 6.23 Å². The summed E-state index contributed by atoms with van der Waals surface area (Å²) in [6, 6.07) is 0. The van der Waals surface area contributed by atoms with Crippen molar-refractivity contribution in [2.75, 3.05) is 19.7 Å². The Labute approximate surface area is 62.9 Å². The van der Waals surface area contributed by atoms with Crippen LogP contribution in [0.15, 0.2) is 0 Å². The number of hydrogen-bond acceptors (Lipinski definition) is 3. The smallest absolute Gasteiger partial charge is 0.106 e. The molecule has 10 heavy (non-hydrogen) atoms. The molecule has 0 bridgehead atoms. The molecule has 1 unspecified atom stereocenters. The first kappa shape index (κ1) is 9.88. The van der Waals surface area contributed by atoms with Crippen molar-refractivity contribution in [2.24, 2.45) is 5.73 Å². The van der Waals surface area contributed by atoms with Crippen molar-refractivity contribution in [3.63, 3.8) is 0 Å². The third kappa shape index (κ3) is 6.01. The Bertz CT molecular complexity index is 68.6. The minimum absolute atomic E-state index is 0.0935. The molecule has 0 saturated heterocycles. The van der Waals surface area contributed by atoms with Crippen molar-refractivity contribution in [3.8, 4) is 0 Å². The summed E-state index contributed by atoms with van der Waals surface area (Å²) < 4.78 is 5.13. The van der Waals surface area contributed by atoms with Crippen LogP contribution < -0.4 is 11.1 Å². The first-order valence-corrected chi connectivity index (χ1v) is 3.89. The molecule has 3 nitrogen and oxygen atoms in total. The van der Waals surface area contributed by atoms with Crippen LogP contribution in [0.25, 0.3) is 0 Å². The Morgan fingerprint density at radius 2 is 2.20 bits per heavy atom. The number of nitrogens with two attached hydrogens (primary N) is 1. The molecule has 0 aliphatic heterocycles. The fraction of sp³-hybridized carbons (Fsp3) is 1.00. The maximum atomic E-state index is 5.56. The maximum absolute atomic E-state index is 5.56. The largest absolute Gasteiger partial charge is 0.364 e. The Kier molecular flexibility index (Phi) is 6.91. The first-order chi connectivity index (χ1) is 4.81. The van der Waals surface area contributed by atoms with Gasteiger partial charge in [-0.25, -0.2) is 0 Å². The van der Waals surface area contributed by atoms with Crippen LogP contribution >= 0.6 is 0 Å². The molecule has 0 radical (unpaired) electrons. The van der Waals surface area contributed by atoms with Crippen molar-refractivity contribution < 1.29 is 4.74 Å². The number of hydrogen-bond donors (Lipinski definition) is 2. The quantitative estimate of drug-likeness (QED) is 0.419. The van der Waals surface area contributed by atoms with Crippen LogP contribution in [0.4, 0.5) is 0 Å². The van der Waals surface area contributed by atoms with E-state index in [1.807, 2.05) is 6.92 Å². The van der Waals surface area contributed by atoms with Gasteiger partial charge in [0.2, 0.25) is 0 Å². The fourth-order valence-corrected chi connectivity index (χ4v) is 0.719. The minimum Gasteiger partial charge on any atom is -0.364 e. The monoisotopic (exact) mass is 146 g/mol. The predicted octanol–water partition coefficient (Wildman–Crippen LogP) is 0.307. The van der Waals surface area contributed by atoms with Gasteiger partial charge in [-0.3, -0.25) is 0 Å². The van der Waals surface area contributed by atoms with E-state index in [1.165, 1.54) is 0 Å². The van der Waals surface area contributed by atoms with Gasteiger partial charge in [0.1, 0.15) is 6.23 Å². The van der Waals surface area contributed by atoms with Crippen LogP contribution in [0.1, 0.15) is 20.3 Å². The molecule has 0 fully saturated rings. The molecule has 0 aliphatic rings. The second kappa shape index (κ2) is 6.99. The van der Waals surface area contributed by atoms with E-state index in [4.69, 9.17) is 10.5 Å². The Balaban J connectivity index is 2.97. The molecule has 3 heteroatoms. The van der Waals surface area contributed by atoms with Crippen molar-refractivity contribution in [2.45, 2.75) is 26.5 Å². The SMILES string of the molecule is CCNCCC(N)OCC. The Morgan fingerprint density at radius 1 is 1.50 bits per heavy atom. The molecule has 1 atom stereocenters. The zero-order valence-electron chi connectivity index (χ0n) is 6.89. The van der Waals surface area contributed by atoms with Crippen molar-refractivity contribution in [3.05, 3.63) is 0 Å². The van der Waals surface area contributed by atoms with Crippen LogP contribution in [0, 0.1) is 0 Å². The zero-order chi connectivity index (χ0) is 7.82. The highest BCUT2D eigenvalue weighted by molar-refractivity contribution is 4.50. The van der Waals surface area contributed by atoms with Crippen LogP contribution in [0.3, 0.4) is 0 Å². The van der Waals surface area contributed by atoms with Gasteiger partial charge in [-0.15, -0.1) is 0 Å². The average molecular weight is 146 g/mol. The second-order valence-corrected chi connectivity index (χ2v) is 2.14. The van der Waals surface area contributed by atoms with Gasteiger partial charge in [-0.2, -0.15) is 0 Å². The van der Waals surface area contributed by atoms with Crippen LogP contribution in [-0.4, -0.2) is 25.9 Å². The molecule has 0 saturated carbocycles. The van der Waals surface area contributed by atoms with E-state index in [0.29, 0.717) is 6.61 Å². The van der Waals surface area contributed by atoms with Gasteiger partial charge < -0.3 is 15.8 Å². The van der Waals surface area contributed by atoms with Crippen molar-refractivity contribution in [1.82, 2.24) is 5.32 Å². The van der Waals surface area contributed by atoms with Crippen molar-refractivity contribution >= 4 is 0 Å². The van der Waals surface area contributed by atoms with Gasteiger partial charge in [0.25, 0.3) is 0 Å². The predicted molar refractivity (Wildman–Crippen MR) is 42.8 cm³/mol. The van der Waals surface area contributed by atoms with Gasteiger partial charge in [-0.05, 0) is 26.4 Å². The summed E-state index contributed by atoms with van der Waals surface area (Å²) in [5.41, 5.74) is 5.56. The molecular formula is C7H18N2O. The molecule has 0 aliphatic carbocycles. The lowest BCUT2D eigenvalue weighted by molar-refractivity contribution is 0.0619. The summed E-state index contributed by atoms with van der Waals surface area (Å²) in [6.45, 7) is 6.67. The molecule has 0 aromatic heterocycles. The van der Waals surface area contributed by atoms with E-state index in [2.05, 4.69) is 12.2 Å². The number of ether oxygens (including phenoxy) is 1. The molecule has 0 aromatic rings. The Hall–Kier alpha value is -0.120. The topological polar surface area (TPSA) is 47.3 Å². The summed E-state index contributed by atoms with van der Waals surface area (Å²) in [5, 5.41) is 3.18. The van der Waals surface area contributed by atoms with E-state index in [9.17, 15) is 0 Å². The van der Waals surface area contributed by atoms with Crippen LogP contribution in [0.5, 0.6) is 0 Å². The van der Waals surface area contributed by atoms with Gasteiger partial charge in [-0.1, -0.05) is 6.92 Å². The first-order valence-electron chi connectivity index (χ1n) is 3.89. The van der Waals surface area contributed by atoms with Gasteiger partial charge >= 0.3 is 0 Å². The normalized spacial score (nSPS) is 13.5. The van der Waals surface area contributed by atoms with E-state index >= 15 is 0 Å². The number of nitrogens with one attached hydrogen (secondary N) is 1. The lowest BCUT2D eigenvalue weighted by Crippen LogP contribution is -2.28. The van der Waals surface area contributed by atoms with Gasteiger partial charge in [0, 0.05) is 6.61 Å². The summed E-state index contributed by atoms with van der Waals surface area (Å²) in [6.07, 6.45) is 0.797. The number of rotatable bonds is 6. The third-order valence-corrected chi connectivity index (χ3v) is 1.24. The minimum atomic E-state index is -0.0935. The van der Waals surface area contributed by atoms with Gasteiger partial charge in [0.05, 0.1) is 0 Å². The summed E-state index contributed by atoms with van der Waals surface area (Å²) >= 11 is 0. The standard InChI is InChI=1S/C7H18N2O/c1-3-9-6-5-7(8)10-4-2/h7,9H,3-6,8H2,1-2H3. The third-order valence-electron chi connectivity index (χ3n) is 1.24. The summed E-state index contributed by atoms with van der Waals surface area (Å²) in [4.78, 5) is 0. The summed E-state index contributed by atoms with van der Waals surface area (Å²) in [7, 11) is 0. The molecule has 0 amide bonds. The highest BCUT2D eigenvalue weighted by Gasteiger charge is 1.97. The highest BCUT2D eigenvalue weighted by Crippen LogP contribution is 1.87. The lowest BCUT2D eigenvalue weighted by atomic mass is 10.4. The molecule has 0 heterocycles. The Morgan fingerprint density at radius 3 is 2.70 bits per heavy atom. The average Bonchev–Trinajstić information content (AvgIpc) is 1.89. The second-order valence-electron chi connectivity index (χ2n) is 2.14. The molecule has 0 spiro atoms. The van der Waals surface area contributed by atoms with E-state index in [0.717, 1.165) is 19.5 Å². The van der Waals surface area contributed by atoms with E-state index in [1.54, 1.807) is 0 Å². The zero-order valence-corrected chi connectivity index (χ0v) is 6.89. The van der Waals surface area contributed by atoms with Crippen LogP contribution in [0.2, 0.25) is 0 Å². The molecular weight excluding hydrogens is 128 g/mol. The summed E-state index contributed by atoms with van der Waals surface area (Å²) in [5.74, 6) is 0. The molecule has 62 valence electrons. The van der Waals surface area contributed by atoms with Gasteiger partial charge in [0.15, 0.2) is 0 Å². The molecule has 0 rings (SSSR count). The van der Waals surface area contributed by atoms with Crippen LogP contribution in [-0.2, 0) is 4.74 Å². The highest BCUT2D eigenvalue weighted by atomic mass is 16.5. The van der Waals surface area contributed by atoms with Crippen molar-refractivity contribution in [1.29, 1.82) is 0 Å². The fourth-order valence-electron chi connectivity index (χ4n) is 0.719.